The van der Waals surface area contributed by atoms with E-state index in [0.29, 0.717) is 5.41 Å². The Balaban J connectivity index is 2.12. The summed E-state index contributed by atoms with van der Waals surface area (Å²) in [5.74, 6) is 1.58. The second-order valence-corrected chi connectivity index (χ2v) is 8.32. The smallest absolute Gasteiger partial charge is 0.0109 e. The van der Waals surface area contributed by atoms with E-state index < -0.39 is 0 Å². The maximum Gasteiger partial charge on any atom is 0.0109 e. The summed E-state index contributed by atoms with van der Waals surface area (Å²) in [6, 6.07) is 9.44. The van der Waals surface area contributed by atoms with Gasteiger partial charge in [-0.2, -0.15) is 0 Å². The molecular weight excluding hydrogens is 254 g/mol. The lowest BCUT2D eigenvalue weighted by Crippen LogP contribution is -2.31. The van der Waals surface area contributed by atoms with Crippen LogP contribution in [0.2, 0.25) is 0 Å². The Morgan fingerprint density at radius 2 is 1.81 bits per heavy atom. The molecule has 0 spiro atoms. The fourth-order valence-electron chi connectivity index (χ4n) is 3.47. The van der Waals surface area contributed by atoms with Crippen LogP contribution in [0.1, 0.15) is 65.5 Å². The van der Waals surface area contributed by atoms with Gasteiger partial charge in [0.2, 0.25) is 0 Å². The molecule has 1 nitrogen and oxygen atoms in total. The predicted octanol–water partition coefficient (Wildman–Crippen LogP) is 4.90. The molecular formula is C20H33N. The highest BCUT2D eigenvalue weighted by Gasteiger charge is 2.53. The van der Waals surface area contributed by atoms with E-state index in [4.69, 9.17) is 0 Å². The second kappa shape index (κ2) is 6.12. The summed E-state index contributed by atoms with van der Waals surface area (Å²) in [6.45, 7) is 16.0. The first-order chi connectivity index (χ1) is 9.79. The molecule has 2 rings (SSSR count). The van der Waals surface area contributed by atoms with Gasteiger partial charge in [-0.25, -0.2) is 0 Å². The van der Waals surface area contributed by atoms with Gasteiger partial charge in [0.15, 0.2) is 0 Å². The molecule has 21 heavy (non-hydrogen) atoms. The average molecular weight is 287 g/mol. The summed E-state index contributed by atoms with van der Waals surface area (Å²) in [6.07, 6.45) is 2.65. The minimum atomic E-state index is 0.245. The quantitative estimate of drug-likeness (QED) is 0.785. The number of nitrogens with one attached hydrogen (secondary N) is 1. The van der Waals surface area contributed by atoms with E-state index in [1.165, 1.54) is 18.4 Å². The molecule has 0 radical (unpaired) electrons. The largest absolute Gasteiger partial charge is 0.316 e. The fourth-order valence-corrected chi connectivity index (χ4v) is 3.47. The van der Waals surface area contributed by atoms with Crippen molar-refractivity contribution in [3.63, 3.8) is 0 Å². The van der Waals surface area contributed by atoms with Crippen molar-refractivity contribution in [1.29, 1.82) is 0 Å². The summed E-state index contributed by atoms with van der Waals surface area (Å²) in [5, 5.41) is 3.70. The molecule has 0 bridgehead atoms. The van der Waals surface area contributed by atoms with Crippen molar-refractivity contribution in [2.75, 3.05) is 13.1 Å². The first-order valence-corrected chi connectivity index (χ1v) is 8.61. The maximum atomic E-state index is 3.70. The minimum Gasteiger partial charge on any atom is -0.316 e. The molecule has 0 amide bonds. The molecule has 118 valence electrons. The molecule has 0 aromatic heterocycles. The first-order valence-electron chi connectivity index (χ1n) is 8.61. The Labute approximate surface area is 131 Å². The molecule has 0 saturated heterocycles. The normalized spacial score (nSPS) is 25.4. The summed E-state index contributed by atoms with van der Waals surface area (Å²) < 4.78 is 0. The number of rotatable bonds is 6. The van der Waals surface area contributed by atoms with E-state index in [1.54, 1.807) is 5.56 Å². The third-order valence-electron chi connectivity index (χ3n) is 5.04. The van der Waals surface area contributed by atoms with Gasteiger partial charge in [-0.15, -0.1) is 0 Å². The van der Waals surface area contributed by atoms with E-state index in [9.17, 15) is 0 Å². The minimum absolute atomic E-state index is 0.245. The Hall–Kier alpha value is -0.820. The Bertz CT molecular complexity index is 452. The van der Waals surface area contributed by atoms with Crippen molar-refractivity contribution in [2.45, 2.75) is 65.2 Å². The van der Waals surface area contributed by atoms with Gasteiger partial charge in [0.05, 0.1) is 0 Å². The van der Waals surface area contributed by atoms with Gasteiger partial charge in [0.1, 0.15) is 0 Å². The molecule has 0 aliphatic heterocycles. The highest BCUT2D eigenvalue weighted by molar-refractivity contribution is 5.38. The monoisotopic (exact) mass is 287 g/mol. The molecule has 0 heterocycles. The number of hydrogen-bond acceptors (Lipinski definition) is 1. The number of hydrogen-bond donors (Lipinski definition) is 1. The molecule has 1 aliphatic rings. The third-order valence-corrected chi connectivity index (χ3v) is 5.04. The zero-order chi connectivity index (χ0) is 15.7. The molecule has 2 unspecified atom stereocenters. The Kier molecular flexibility index (Phi) is 4.82. The topological polar surface area (TPSA) is 12.0 Å². The SMILES string of the molecule is CCC1CC1(CNCC(C)C)c1ccc(C(C)(C)C)cc1. The van der Waals surface area contributed by atoms with Crippen LogP contribution in [0.5, 0.6) is 0 Å². The van der Waals surface area contributed by atoms with Crippen LogP contribution >= 0.6 is 0 Å². The van der Waals surface area contributed by atoms with Gasteiger partial charge < -0.3 is 5.32 Å². The van der Waals surface area contributed by atoms with E-state index in [1.807, 2.05) is 0 Å². The maximum absolute atomic E-state index is 3.70. The van der Waals surface area contributed by atoms with E-state index in [2.05, 4.69) is 71.1 Å². The molecule has 1 fully saturated rings. The van der Waals surface area contributed by atoms with Crippen molar-refractivity contribution < 1.29 is 0 Å². The van der Waals surface area contributed by atoms with Crippen LogP contribution in [-0.2, 0) is 10.8 Å². The lowest BCUT2D eigenvalue weighted by atomic mass is 9.84. The van der Waals surface area contributed by atoms with E-state index >= 15 is 0 Å². The van der Waals surface area contributed by atoms with Crippen LogP contribution in [0.3, 0.4) is 0 Å². The van der Waals surface area contributed by atoms with Gasteiger partial charge in [0, 0.05) is 12.0 Å². The molecule has 1 aromatic rings. The standard InChI is InChI=1S/C20H33N/c1-7-16-12-20(16,14-21-13-15(2)3)18-10-8-17(9-11-18)19(4,5)6/h8-11,15-16,21H,7,12-14H2,1-6H3. The summed E-state index contributed by atoms with van der Waals surface area (Å²) >= 11 is 0. The van der Waals surface area contributed by atoms with Crippen LogP contribution in [-0.4, -0.2) is 13.1 Å². The lowest BCUT2D eigenvalue weighted by Gasteiger charge is -2.23. The van der Waals surface area contributed by atoms with Crippen molar-refractivity contribution in [3.05, 3.63) is 35.4 Å². The van der Waals surface area contributed by atoms with E-state index in [-0.39, 0.29) is 5.41 Å². The molecule has 1 saturated carbocycles. The summed E-state index contributed by atoms with van der Waals surface area (Å²) in [5.41, 5.74) is 3.62. The highest BCUT2D eigenvalue weighted by Crippen LogP contribution is 2.55. The summed E-state index contributed by atoms with van der Waals surface area (Å²) in [7, 11) is 0. The Morgan fingerprint density at radius 1 is 1.19 bits per heavy atom. The van der Waals surface area contributed by atoms with Gasteiger partial charge >= 0.3 is 0 Å². The first kappa shape index (κ1) is 16.5. The van der Waals surface area contributed by atoms with Crippen LogP contribution < -0.4 is 5.32 Å². The van der Waals surface area contributed by atoms with Gasteiger partial charge in [0.25, 0.3) is 0 Å². The van der Waals surface area contributed by atoms with Crippen molar-refractivity contribution in [2.24, 2.45) is 11.8 Å². The molecule has 1 heteroatoms. The molecule has 1 aromatic carbocycles. The predicted molar refractivity (Wildman–Crippen MR) is 92.9 cm³/mol. The van der Waals surface area contributed by atoms with Crippen molar-refractivity contribution in [3.8, 4) is 0 Å². The fraction of sp³-hybridized carbons (Fsp3) is 0.700. The van der Waals surface area contributed by atoms with Crippen LogP contribution in [0.4, 0.5) is 0 Å². The number of benzene rings is 1. The van der Waals surface area contributed by atoms with E-state index in [0.717, 1.165) is 24.9 Å². The third kappa shape index (κ3) is 3.69. The van der Waals surface area contributed by atoms with Crippen molar-refractivity contribution >= 4 is 0 Å². The average Bonchev–Trinajstić information content (AvgIpc) is 3.12. The van der Waals surface area contributed by atoms with Crippen LogP contribution in [0, 0.1) is 11.8 Å². The van der Waals surface area contributed by atoms with Gasteiger partial charge in [-0.1, -0.05) is 72.2 Å². The molecule has 1 aliphatic carbocycles. The van der Waals surface area contributed by atoms with Gasteiger partial charge in [-0.3, -0.25) is 0 Å². The molecule has 2 atom stereocenters. The Morgan fingerprint density at radius 3 is 2.24 bits per heavy atom. The molecule has 1 N–H and O–H groups in total. The van der Waals surface area contributed by atoms with Crippen LogP contribution in [0.25, 0.3) is 0 Å². The van der Waals surface area contributed by atoms with Crippen LogP contribution in [0.15, 0.2) is 24.3 Å². The highest BCUT2D eigenvalue weighted by atomic mass is 14.9. The van der Waals surface area contributed by atoms with Gasteiger partial charge in [-0.05, 0) is 41.3 Å². The zero-order valence-corrected chi connectivity index (χ0v) is 14.8. The zero-order valence-electron chi connectivity index (χ0n) is 14.8. The lowest BCUT2D eigenvalue weighted by molar-refractivity contribution is 0.483. The summed E-state index contributed by atoms with van der Waals surface area (Å²) in [4.78, 5) is 0. The van der Waals surface area contributed by atoms with Crippen molar-refractivity contribution in [1.82, 2.24) is 5.32 Å². The second-order valence-electron chi connectivity index (χ2n) is 8.32.